The second-order valence-electron chi connectivity index (χ2n) is 11.4. The van der Waals surface area contributed by atoms with Crippen molar-refractivity contribution < 1.29 is 18.0 Å². The number of benzene rings is 2. The van der Waals surface area contributed by atoms with Crippen molar-refractivity contribution >= 4 is 22.3 Å². The molecule has 0 aliphatic heterocycles. The molecular weight excluding hydrogens is 477 g/mol. The number of hydrogen-bond acceptors (Lipinski definition) is 3. The number of nitrogens with zero attached hydrogens (tertiary/aromatic N) is 4. The van der Waals surface area contributed by atoms with Crippen molar-refractivity contribution in [3.63, 3.8) is 0 Å². The monoisotopic (exact) mass is 504 g/mol. The van der Waals surface area contributed by atoms with E-state index in [-0.39, 0.29) is 28.4 Å². The van der Waals surface area contributed by atoms with E-state index < -0.39 is 11.9 Å². The molecule has 2 aromatic carbocycles. The van der Waals surface area contributed by atoms with Gasteiger partial charge in [-0.15, -0.1) is 0 Å². The highest BCUT2D eigenvalue weighted by molar-refractivity contribution is 6.01. The summed E-state index contributed by atoms with van der Waals surface area (Å²) in [4.78, 5) is 20.4. The Bertz CT molecular complexity index is 1520. The number of carbonyl (C=O) groups is 1. The van der Waals surface area contributed by atoms with Gasteiger partial charge in [-0.05, 0) is 73.1 Å². The Morgan fingerprint density at radius 1 is 1.00 bits per heavy atom. The Balaban J connectivity index is 1.37. The summed E-state index contributed by atoms with van der Waals surface area (Å²) in [7, 11) is 1.82. The normalized spacial score (nSPS) is 26.8. The topological polar surface area (TPSA) is 50.5 Å². The molecule has 0 atom stereocenters. The molecule has 0 radical (unpaired) electrons. The second kappa shape index (κ2) is 7.79. The highest BCUT2D eigenvalue weighted by Gasteiger charge is 2.54. The van der Waals surface area contributed by atoms with Crippen molar-refractivity contribution in [2.45, 2.75) is 50.2 Å². The van der Waals surface area contributed by atoms with Gasteiger partial charge in [-0.1, -0.05) is 42.5 Å². The van der Waals surface area contributed by atoms with E-state index in [0.29, 0.717) is 23.3 Å². The highest BCUT2D eigenvalue weighted by atomic mass is 19.4. The van der Waals surface area contributed by atoms with E-state index >= 15 is 0 Å². The molecular formula is C29H27F3N4O. The molecule has 4 fully saturated rings. The van der Waals surface area contributed by atoms with Gasteiger partial charge in [-0.3, -0.25) is 4.79 Å². The molecule has 1 amide bonds. The summed E-state index contributed by atoms with van der Waals surface area (Å²) in [5.74, 6) is 1.61. The third-order valence-corrected chi connectivity index (χ3v) is 9.08. The van der Waals surface area contributed by atoms with E-state index in [4.69, 9.17) is 0 Å². The average Bonchev–Trinajstić information content (AvgIpc) is 3.29. The van der Waals surface area contributed by atoms with Crippen LogP contribution in [0.1, 0.15) is 54.6 Å². The number of amides is 1. The first-order valence-electron chi connectivity index (χ1n) is 12.9. The zero-order valence-corrected chi connectivity index (χ0v) is 20.5. The van der Waals surface area contributed by atoms with Crippen molar-refractivity contribution in [1.29, 1.82) is 0 Å². The minimum absolute atomic E-state index is 0.0562. The van der Waals surface area contributed by atoms with Gasteiger partial charge in [0, 0.05) is 18.2 Å². The molecule has 37 heavy (non-hydrogen) atoms. The van der Waals surface area contributed by atoms with Gasteiger partial charge in [-0.25, -0.2) is 9.50 Å². The first-order valence-corrected chi connectivity index (χ1v) is 12.9. The van der Waals surface area contributed by atoms with Crippen LogP contribution in [0.5, 0.6) is 0 Å². The van der Waals surface area contributed by atoms with Crippen LogP contribution in [-0.2, 0) is 6.18 Å². The number of fused-ring (bicyclic) bond motifs is 2. The lowest BCUT2D eigenvalue weighted by Gasteiger charge is -2.59. The fourth-order valence-electron chi connectivity index (χ4n) is 7.77. The Hall–Kier alpha value is -3.42. The largest absolute Gasteiger partial charge is 0.433 e. The number of hydrogen-bond donors (Lipinski definition) is 0. The van der Waals surface area contributed by atoms with Crippen molar-refractivity contribution in [3.05, 3.63) is 66.0 Å². The van der Waals surface area contributed by atoms with E-state index in [0.717, 1.165) is 40.6 Å². The van der Waals surface area contributed by atoms with Crippen LogP contribution >= 0.6 is 0 Å². The predicted octanol–water partition coefficient (Wildman–Crippen LogP) is 6.61. The Morgan fingerprint density at radius 2 is 1.65 bits per heavy atom. The van der Waals surface area contributed by atoms with Crippen LogP contribution < -0.4 is 0 Å². The van der Waals surface area contributed by atoms with Crippen LogP contribution in [0.4, 0.5) is 13.2 Å². The zero-order valence-electron chi connectivity index (χ0n) is 20.5. The first kappa shape index (κ1) is 22.8. The standard InChI is InChI=1S/C29H27F3N4O/c1-35(28-13-17-9-18(14-28)11-19(10-17)15-28)27(37)23-16-33-36-25(29(30,31)32)12-24(34-26(23)36)22-8-4-6-20-5-2-3-7-21(20)22/h2-8,12,16-19H,9-11,13-15H2,1H3. The predicted molar refractivity (Wildman–Crippen MR) is 134 cm³/mol. The molecule has 0 unspecified atom stereocenters. The van der Waals surface area contributed by atoms with E-state index in [2.05, 4.69) is 10.1 Å². The Labute approximate surface area is 212 Å². The van der Waals surface area contributed by atoms with Gasteiger partial charge < -0.3 is 4.90 Å². The smallest absolute Gasteiger partial charge is 0.336 e. The number of halogens is 3. The molecule has 4 aliphatic carbocycles. The molecule has 4 saturated carbocycles. The number of aromatic nitrogens is 3. The molecule has 2 aromatic heterocycles. The molecule has 8 heteroatoms. The van der Waals surface area contributed by atoms with Crippen LogP contribution in [0.25, 0.3) is 27.7 Å². The number of rotatable bonds is 3. The molecule has 4 bridgehead atoms. The summed E-state index contributed by atoms with van der Waals surface area (Å²) >= 11 is 0. The van der Waals surface area contributed by atoms with Crippen molar-refractivity contribution in [2.24, 2.45) is 17.8 Å². The zero-order chi connectivity index (χ0) is 25.5. The SMILES string of the molecule is CN(C(=O)c1cnn2c(C(F)(F)F)cc(-c3cccc4ccccc34)nc12)C12CC3CC(CC(C3)C1)C2. The third-order valence-electron chi connectivity index (χ3n) is 9.08. The maximum absolute atomic E-state index is 14.2. The van der Waals surface area contributed by atoms with Gasteiger partial charge in [0.05, 0.1) is 11.9 Å². The summed E-state index contributed by atoms with van der Waals surface area (Å²) < 4.78 is 43.4. The maximum atomic E-state index is 14.2. The van der Waals surface area contributed by atoms with E-state index in [9.17, 15) is 18.0 Å². The fourth-order valence-corrected chi connectivity index (χ4v) is 7.77. The molecule has 8 rings (SSSR count). The van der Waals surface area contributed by atoms with Crippen LogP contribution in [-0.4, -0.2) is 38.0 Å². The molecule has 5 nitrogen and oxygen atoms in total. The molecule has 4 aliphatic rings. The molecule has 0 N–H and O–H groups in total. The van der Waals surface area contributed by atoms with Gasteiger partial charge >= 0.3 is 6.18 Å². The third kappa shape index (κ3) is 3.48. The summed E-state index contributed by atoms with van der Waals surface area (Å²) in [6.45, 7) is 0. The second-order valence-corrected chi connectivity index (χ2v) is 11.4. The first-order chi connectivity index (χ1) is 17.7. The van der Waals surface area contributed by atoms with Crippen molar-refractivity contribution in [2.75, 3.05) is 7.05 Å². The summed E-state index contributed by atoms with van der Waals surface area (Å²) in [6, 6.07) is 14.0. The van der Waals surface area contributed by atoms with Gasteiger partial charge in [0.15, 0.2) is 11.3 Å². The molecule has 0 spiro atoms. The lowest BCUT2D eigenvalue weighted by atomic mass is 9.52. The van der Waals surface area contributed by atoms with Gasteiger partial charge in [-0.2, -0.15) is 18.3 Å². The van der Waals surface area contributed by atoms with Crippen molar-refractivity contribution in [3.8, 4) is 11.3 Å². The summed E-state index contributed by atoms with van der Waals surface area (Å²) in [5.41, 5.74) is -0.355. The average molecular weight is 505 g/mol. The van der Waals surface area contributed by atoms with E-state index in [1.807, 2.05) is 42.3 Å². The molecule has 190 valence electrons. The quantitative estimate of drug-likeness (QED) is 0.316. The Morgan fingerprint density at radius 3 is 2.32 bits per heavy atom. The van der Waals surface area contributed by atoms with Gasteiger partial charge in [0.25, 0.3) is 5.91 Å². The van der Waals surface area contributed by atoms with E-state index in [1.54, 1.807) is 12.1 Å². The minimum atomic E-state index is -4.67. The summed E-state index contributed by atoms with van der Waals surface area (Å²) in [6.07, 6.45) is 3.23. The molecule has 4 aromatic rings. The molecule has 0 saturated heterocycles. The van der Waals surface area contributed by atoms with Crippen LogP contribution in [0.2, 0.25) is 0 Å². The highest BCUT2D eigenvalue weighted by Crippen LogP contribution is 2.57. The van der Waals surface area contributed by atoms with Crippen LogP contribution in [0, 0.1) is 17.8 Å². The van der Waals surface area contributed by atoms with Gasteiger partial charge in [0.2, 0.25) is 0 Å². The minimum Gasteiger partial charge on any atom is -0.336 e. The number of alkyl halides is 3. The Kier molecular flexibility index (Phi) is 4.79. The maximum Gasteiger partial charge on any atom is 0.433 e. The number of carbonyl (C=O) groups excluding carboxylic acids is 1. The van der Waals surface area contributed by atoms with Crippen LogP contribution in [0.3, 0.4) is 0 Å². The lowest BCUT2D eigenvalue weighted by Crippen LogP contribution is -2.60. The van der Waals surface area contributed by atoms with E-state index in [1.165, 1.54) is 25.5 Å². The fraction of sp³-hybridized carbons (Fsp3) is 0.414. The summed E-state index contributed by atoms with van der Waals surface area (Å²) in [5, 5.41) is 5.72. The van der Waals surface area contributed by atoms with Gasteiger partial charge in [0.1, 0.15) is 5.56 Å². The molecule has 2 heterocycles. The van der Waals surface area contributed by atoms with Crippen molar-refractivity contribution in [1.82, 2.24) is 19.5 Å². The van der Waals surface area contributed by atoms with Crippen LogP contribution in [0.15, 0.2) is 54.7 Å². The lowest BCUT2D eigenvalue weighted by molar-refractivity contribution is -0.142.